The number of hydrogen-bond acceptors (Lipinski definition) is 6. The normalized spacial score (nSPS) is 13.4. The van der Waals surface area contributed by atoms with Crippen molar-refractivity contribution < 1.29 is 23.8 Å². The fourth-order valence-electron chi connectivity index (χ4n) is 6.54. The van der Waals surface area contributed by atoms with Crippen molar-refractivity contribution in [3.05, 3.63) is 60.8 Å². The zero-order chi connectivity index (χ0) is 40.2. The highest BCUT2D eigenvalue weighted by atomic mass is 28.4. The van der Waals surface area contributed by atoms with Crippen molar-refractivity contribution in [3.63, 3.8) is 0 Å². The van der Waals surface area contributed by atoms with E-state index in [2.05, 4.69) is 92.6 Å². The van der Waals surface area contributed by atoms with E-state index in [1.54, 1.807) is 0 Å². The van der Waals surface area contributed by atoms with E-state index >= 15 is 0 Å². The Hall–Kier alpha value is -1.32. The molecule has 0 bridgehead atoms. The monoisotopic (exact) mass is 790 g/mol. The highest BCUT2D eigenvalue weighted by Gasteiger charge is 2.29. The van der Waals surface area contributed by atoms with Gasteiger partial charge in [0.1, 0.15) is 6.29 Å². The summed E-state index contributed by atoms with van der Waals surface area (Å²) in [6, 6.07) is 0. The SMILES string of the molecule is CC/C=C\C/C=C\C/C=C\C/C=C\C/C=C\CCCC(OCCCCCCCCCCCCCCCC)O[Si](C)(C)OCCCCCCN(CCO)CCO. The minimum Gasteiger partial charge on any atom is -0.395 e. The summed E-state index contributed by atoms with van der Waals surface area (Å²) in [7, 11) is -2.32. The van der Waals surface area contributed by atoms with Crippen molar-refractivity contribution in [2.24, 2.45) is 0 Å². The van der Waals surface area contributed by atoms with Crippen LogP contribution < -0.4 is 0 Å². The number of rotatable bonds is 43. The maximum atomic E-state index is 9.22. The predicted octanol–water partition coefficient (Wildman–Crippen LogP) is 13.3. The van der Waals surface area contributed by atoms with E-state index in [1.807, 2.05) is 0 Å². The molecule has 0 saturated heterocycles. The van der Waals surface area contributed by atoms with Crippen LogP contribution in [0.4, 0.5) is 0 Å². The van der Waals surface area contributed by atoms with Crippen molar-refractivity contribution in [2.75, 3.05) is 46.1 Å². The number of allylic oxidation sites excluding steroid dienone is 10. The van der Waals surface area contributed by atoms with Crippen LogP contribution in [0.2, 0.25) is 13.1 Å². The molecular formula is C48H91NO5Si. The van der Waals surface area contributed by atoms with Crippen molar-refractivity contribution in [2.45, 2.75) is 200 Å². The topological polar surface area (TPSA) is 71.4 Å². The van der Waals surface area contributed by atoms with E-state index in [1.165, 1.54) is 83.5 Å². The van der Waals surface area contributed by atoms with Crippen LogP contribution in [0.5, 0.6) is 0 Å². The lowest BCUT2D eigenvalue weighted by atomic mass is 10.0. The fourth-order valence-corrected chi connectivity index (χ4v) is 8.06. The third-order valence-electron chi connectivity index (χ3n) is 9.84. The van der Waals surface area contributed by atoms with E-state index in [4.69, 9.17) is 13.6 Å². The summed E-state index contributed by atoms with van der Waals surface area (Å²) in [6.07, 6.45) is 53.8. The largest absolute Gasteiger partial charge is 0.395 e. The van der Waals surface area contributed by atoms with Gasteiger partial charge < -0.3 is 23.8 Å². The lowest BCUT2D eigenvalue weighted by Gasteiger charge is -2.29. The average molecular weight is 790 g/mol. The summed E-state index contributed by atoms with van der Waals surface area (Å²) in [6.45, 7) is 12.7. The minimum atomic E-state index is -2.32. The van der Waals surface area contributed by atoms with Gasteiger partial charge in [-0.15, -0.1) is 0 Å². The number of ether oxygens (including phenoxy) is 1. The van der Waals surface area contributed by atoms with Crippen molar-refractivity contribution in [1.82, 2.24) is 4.90 Å². The summed E-state index contributed by atoms with van der Waals surface area (Å²) in [5.74, 6) is 0. The van der Waals surface area contributed by atoms with E-state index in [9.17, 15) is 10.2 Å². The van der Waals surface area contributed by atoms with Gasteiger partial charge in [-0.05, 0) is 90.3 Å². The zero-order valence-corrected chi connectivity index (χ0v) is 37.8. The molecule has 0 spiro atoms. The Morgan fingerprint density at radius 3 is 1.42 bits per heavy atom. The van der Waals surface area contributed by atoms with Crippen LogP contribution in [0.25, 0.3) is 0 Å². The van der Waals surface area contributed by atoms with Crippen LogP contribution in [0.1, 0.15) is 181 Å². The Labute approximate surface area is 343 Å². The van der Waals surface area contributed by atoms with Gasteiger partial charge in [-0.1, -0.05) is 171 Å². The minimum absolute atomic E-state index is 0.140. The molecule has 0 aliphatic carbocycles. The second kappa shape index (κ2) is 43.8. The standard InChI is InChI=1S/C48H91NO5Si/c1-5-7-9-11-13-15-17-19-21-22-23-24-26-28-30-32-36-40-48(52-46-38-34-31-29-27-25-20-18-16-14-12-10-8-6-2)54-55(3,4)53-47-39-35-33-37-41-49(42-44-50)43-45-51/h7,9,13,15,19,21,23-24,28,30,48,50-51H,5-6,8,10-12,14,16-18,20,22,25-27,29,31-47H2,1-4H3/b9-7-,15-13-,21-19-,24-23-,30-28-. The quantitative estimate of drug-likeness (QED) is 0.0277. The molecular weight excluding hydrogens is 699 g/mol. The molecule has 6 nitrogen and oxygen atoms in total. The molecule has 1 atom stereocenters. The molecule has 0 aliphatic heterocycles. The van der Waals surface area contributed by atoms with Crippen molar-refractivity contribution in [1.29, 1.82) is 0 Å². The van der Waals surface area contributed by atoms with Crippen LogP contribution in [-0.4, -0.2) is 76.0 Å². The number of aliphatic hydroxyl groups excluding tert-OH is 2. The number of nitrogens with zero attached hydrogens (tertiary/aromatic N) is 1. The van der Waals surface area contributed by atoms with Gasteiger partial charge >= 0.3 is 8.56 Å². The molecule has 0 aromatic carbocycles. The van der Waals surface area contributed by atoms with Crippen LogP contribution in [0.3, 0.4) is 0 Å². The van der Waals surface area contributed by atoms with Crippen molar-refractivity contribution >= 4 is 8.56 Å². The summed E-state index contributed by atoms with van der Waals surface area (Å²) in [5.41, 5.74) is 0. The Bertz CT molecular complexity index is 912. The molecule has 322 valence electrons. The molecule has 1 unspecified atom stereocenters. The maximum Gasteiger partial charge on any atom is 0.333 e. The number of hydrogen-bond donors (Lipinski definition) is 2. The average Bonchev–Trinajstić information content (AvgIpc) is 3.17. The van der Waals surface area contributed by atoms with Gasteiger partial charge in [-0.3, -0.25) is 4.90 Å². The van der Waals surface area contributed by atoms with E-state index < -0.39 is 8.56 Å². The van der Waals surface area contributed by atoms with Gasteiger partial charge in [0, 0.05) is 26.3 Å². The van der Waals surface area contributed by atoms with Gasteiger partial charge in [0.05, 0.1) is 13.2 Å². The Morgan fingerprint density at radius 2 is 0.927 bits per heavy atom. The molecule has 0 aromatic heterocycles. The summed E-state index contributed by atoms with van der Waals surface area (Å²) in [4.78, 5) is 2.13. The van der Waals surface area contributed by atoms with Crippen molar-refractivity contribution in [3.8, 4) is 0 Å². The molecule has 0 radical (unpaired) electrons. The Morgan fingerprint density at radius 1 is 0.491 bits per heavy atom. The lowest BCUT2D eigenvalue weighted by Crippen LogP contribution is -2.40. The molecule has 55 heavy (non-hydrogen) atoms. The summed E-state index contributed by atoms with van der Waals surface area (Å²) in [5, 5.41) is 18.4. The molecule has 0 aromatic rings. The highest BCUT2D eigenvalue weighted by molar-refractivity contribution is 6.64. The number of aliphatic hydroxyl groups is 2. The Balaban J connectivity index is 4.47. The molecule has 0 aliphatic rings. The second-order valence-electron chi connectivity index (χ2n) is 15.6. The molecule has 2 N–H and O–H groups in total. The van der Waals surface area contributed by atoms with Gasteiger partial charge in [-0.2, -0.15) is 0 Å². The van der Waals surface area contributed by atoms with Crippen LogP contribution in [0.15, 0.2) is 60.8 Å². The van der Waals surface area contributed by atoms with Gasteiger partial charge in [0.2, 0.25) is 0 Å². The lowest BCUT2D eigenvalue weighted by molar-refractivity contribution is -0.104. The maximum absolute atomic E-state index is 9.22. The Kier molecular flexibility index (Phi) is 42.7. The number of unbranched alkanes of at least 4 members (excludes halogenated alkanes) is 17. The molecule has 0 amide bonds. The first-order valence-corrected chi connectivity index (χ1v) is 25.9. The third-order valence-corrected chi connectivity index (χ3v) is 11.6. The third kappa shape index (κ3) is 42.1. The second-order valence-corrected chi connectivity index (χ2v) is 18.9. The van der Waals surface area contributed by atoms with E-state index in [-0.39, 0.29) is 19.5 Å². The highest BCUT2D eigenvalue weighted by Crippen LogP contribution is 2.18. The molecule has 0 rings (SSSR count). The van der Waals surface area contributed by atoms with E-state index in [0.29, 0.717) is 13.1 Å². The van der Waals surface area contributed by atoms with Crippen LogP contribution in [-0.2, 0) is 13.6 Å². The smallest absolute Gasteiger partial charge is 0.333 e. The fraction of sp³-hybridized carbons (Fsp3) is 0.792. The first kappa shape index (κ1) is 53.7. The van der Waals surface area contributed by atoms with E-state index in [0.717, 1.165) is 103 Å². The predicted molar refractivity (Wildman–Crippen MR) is 242 cm³/mol. The summed E-state index contributed by atoms with van der Waals surface area (Å²) >= 11 is 0. The molecule has 0 heterocycles. The molecule has 0 saturated carbocycles. The zero-order valence-electron chi connectivity index (χ0n) is 36.8. The van der Waals surface area contributed by atoms with Gasteiger partial charge in [0.25, 0.3) is 0 Å². The summed E-state index contributed by atoms with van der Waals surface area (Å²) < 4.78 is 19.3. The first-order valence-electron chi connectivity index (χ1n) is 23.1. The molecule has 7 heteroatoms. The van der Waals surface area contributed by atoms with Gasteiger partial charge in [0.15, 0.2) is 0 Å². The molecule has 0 fully saturated rings. The first-order chi connectivity index (χ1) is 27.0. The van der Waals surface area contributed by atoms with Crippen LogP contribution in [0, 0.1) is 0 Å². The van der Waals surface area contributed by atoms with Gasteiger partial charge in [-0.25, -0.2) is 0 Å². The van der Waals surface area contributed by atoms with Crippen LogP contribution >= 0.6 is 0 Å².